The molecule has 1 heterocycles. The van der Waals surface area contributed by atoms with Crippen LogP contribution in [-0.4, -0.2) is 39.0 Å². The fourth-order valence-electron chi connectivity index (χ4n) is 2.68. The summed E-state index contributed by atoms with van der Waals surface area (Å²) in [5.41, 5.74) is 0. The van der Waals surface area contributed by atoms with Crippen LogP contribution in [0.4, 0.5) is 0 Å². The summed E-state index contributed by atoms with van der Waals surface area (Å²) in [6.07, 6.45) is 3.30. The quantitative estimate of drug-likeness (QED) is 0.866. The Morgan fingerprint density at radius 2 is 2.05 bits per heavy atom. The van der Waals surface area contributed by atoms with E-state index in [0.717, 1.165) is 19.5 Å². The molecule has 19 heavy (non-hydrogen) atoms. The lowest BCUT2D eigenvalue weighted by Crippen LogP contribution is -2.33. The number of nitrogens with zero attached hydrogens (tertiary/aromatic N) is 1. The topological polar surface area (TPSA) is 49.4 Å². The SMILES string of the molecule is CCN1CCCC1CCNS(=O)(=O)c1ccccc1. The number of nitrogens with one attached hydrogen (secondary N) is 1. The molecular formula is C14H22N2O2S. The van der Waals surface area contributed by atoms with Gasteiger partial charge in [-0.05, 0) is 44.5 Å². The summed E-state index contributed by atoms with van der Waals surface area (Å²) in [5.74, 6) is 0. The number of likely N-dealkylation sites (tertiary alicyclic amines) is 1. The summed E-state index contributed by atoms with van der Waals surface area (Å²) in [7, 11) is -3.34. The molecule has 1 aliphatic rings. The Bertz CT molecular complexity index is 487. The summed E-state index contributed by atoms with van der Waals surface area (Å²) < 4.78 is 26.8. The zero-order chi connectivity index (χ0) is 13.7. The van der Waals surface area contributed by atoms with Crippen LogP contribution in [-0.2, 0) is 10.0 Å². The summed E-state index contributed by atoms with van der Waals surface area (Å²) >= 11 is 0. The normalized spacial score (nSPS) is 20.8. The van der Waals surface area contributed by atoms with Gasteiger partial charge in [0.05, 0.1) is 4.90 Å². The molecule has 0 aromatic heterocycles. The highest BCUT2D eigenvalue weighted by Gasteiger charge is 2.23. The van der Waals surface area contributed by atoms with Crippen molar-refractivity contribution in [2.24, 2.45) is 0 Å². The fourth-order valence-corrected chi connectivity index (χ4v) is 3.75. The van der Waals surface area contributed by atoms with E-state index < -0.39 is 10.0 Å². The Balaban J connectivity index is 1.86. The van der Waals surface area contributed by atoms with Gasteiger partial charge in [0.15, 0.2) is 0 Å². The van der Waals surface area contributed by atoms with E-state index in [9.17, 15) is 8.42 Å². The van der Waals surface area contributed by atoms with Gasteiger partial charge >= 0.3 is 0 Å². The molecule has 1 aromatic carbocycles. The minimum atomic E-state index is -3.34. The minimum absolute atomic E-state index is 0.341. The second-order valence-corrected chi connectivity index (χ2v) is 6.69. The van der Waals surface area contributed by atoms with Crippen molar-refractivity contribution in [3.05, 3.63) is 30.3 Å². The predicted octanol–water partition coefficient (Wildman–Crippen LogP) is 1.84. The molecule has 1 atom stereocenters. The van der Waals surface area contributed by atoms with Gasteiger partial charge in [0.25, 0.3) is 0 Å². The van der Waals surface area contributed by atoms with E-state index in [4.69, 9.17) is 0 Å². The van der Waals surface area contributed by atoms with Crippen LogP contribution in [0.15, 0.2) is 35.2 Å². The van der Waals surface area contributed by atoms with Crippen LogP contribution in [0.1, 0.15) is 26.2 Å². The highest BCUT2D eigenvalue weighted by molar-refractivity contribution is 7.89. The van der Waals surface area contributed by atoms with Gasteiger partial charge in [-0.3, -0.25) is 0 Å². The molecule has 0 aliphatic carbocycles. The van der Waals surface area contributed by atoms with E-state index >= 15 is 0 Å². The largest absolute Gasteiger partial charge is 0.301 e. The molecule has 1 aromatic rings. The highest BCUT2D eigenvalue weighted by atomic mass is 32.2. The van der Waals surface area contributed by atoms with Crippen LogP contribution >= 0.6 is 0 Å². The second-order valence-electron chi connectivity index (χ2n) is 4.92. The molecule has 1 fully saturated rings. The van der Waals surface area contributed by atoms with Gasteiger partial charge in [-0.15, -0.1) is 0 Å². The van der Waals surface area contributed by atoms with E-state index in [1.165, 1.54) is 12.8 Å². The molecule has 1 saturated heterocycles. The van der Waals surface area contributed by atoms with Gasteiger partial charge < -0.3 is 4.90 Å². The zero-order valence-electron chi connectivity index (χ0n) is 11.4. The molecule has 2 rings (SSSR count). The van der Waals surface area contributed by atoms with Crippen molar-refractivity contribution in [1.82, 2.24) is 9.62 Å². The van der Waals surface area contributed by atoms with Crippen LogP contribution in [0.3, 0.4) is 0 Å². The van der Waals surface area contributed by atoms with Crippen molar-refractivity contribution in [2.45, 2.75) is 37.1 Å². The molecule has 1 aliphatic heterocycles. The zero-order valence-corrected chi connectivity index (χ0v) is 12.2. The van der Waals surface area contributed by atoms with E-state index in [1.807, 2.05) is 6.07 Å². The van der Waals surface area contributed by atoms with Gasteiger partial charge in [0.2, 0.25) is 10.0 Å². The summed E-state index contributed by atoms with van der Waals surface area (Å²) in [6, 6.07) is 9.07. The van der Waals surface area contributed by atoms with E-state index in [-0.39, 0.29) is 0 Å². The summed E-state index contributed by atoms with van der Waals surface area (Å²) in [5, 5.41) is 0. The van der Waals surface area contributed by atoms with Crippen molar-refractivity contribution in [1.29, 1.82) is 0 Å². The van der Waals surface area contributed by atoms with E-state index in [0.29, 0.717) is 17.5 Å². The number of rotatable bonds is 6. The molecule has 0 saturated carbocycles. The Morgan fingerprint density at radius 1 is 1.32 bits per heavy atom. The molecule has 1 unspecified atom stereocenters. The summed E-state index contributed by atoms with van der Waals surface area (Å²) in [4.78, 5) is 2.77. The van der Waals surface area contributed by atoms with Crippen LogP contribution < -0.4 is 4.72 Å². The molecule has 1 N–H and O–H groups in total. The summed E-state index contributed by atoms with van der Waals surface area (Å²) in [6.45, 7) is 4.87. The first kappa shape index (κ1) is 14.5. The van der Waals surface area contributed by atoms with Crippen molar-refractivity contribution < 1.29 is 8.42 Å². The van der Waals surface area contributed by atoms with Gasteiger partial charge in [-0.2, -0.15) is 0 Å². The smallest absolute Gasteiger partial charge is 0.240 e. The monoisotopic (exact) mass is 282 g/mol. The lowest BCUT2D eigenvalue weighted by atomic mass is 10.1. The van der Waals surface area contributed by atoms with E-state index in [2.05, 4.69) is 16.5 Å². The lowest BCUT2D eigenvalue weighted by molar-refractivity contribution is 0.256. The fraction of sp³-hybridized carbons (Fsp3) is 0.571. The molecular weight excluding hydrogens is 260 g/mol. The molecule has 0 spiro atoms. The van der Waals surface area contributed by atoms with Crippen molar-refractivity contribution in [3.63, 3.8) is 0 Å². The molecule has 0 radical (unpaired) electrons. The number of hydrogen-bond acceptors (Lipinski definition) is 3. The van der Waals surface area contributed by atoms with Gasteiger partial charge in [0.1, 0.15) is 0 Å². The first-order valence-corrected chi connectivity index (χ1v) is 8.40. The first-order chi connectivity index (χ1) is 9.13. The second kappa shape index (κ2) is 6.50. The predicted molar refractivity (Wildman–Crippen MR) is 76.5 cm³/mol. The Kier molecular flexibility index (Phi) is 4.96. The maximum absolute atomic E-state index is 12.0. The van der Waals surface area contributed by atoms with Crippen molar-refractivity contribution in [3.8, 4) is 0 Å². The Hall–Kier alpha value is -0.910. The Labute approximate surface area is 115 Å². The number of hydrogen-bond donors (Lipinski definition) is 1. The lowest BCUT2D eigenvalue weighted by Gasteiger charge is -2.22. The number of benzene rings is 1. The molecule has 0 bridgehead atoms. The van der Waals surface area contributed by atoms with Gasteiger partial charge in [-0.1, -0.05) is 25.1 Å². The average Bonchev–Trinajstić information content (AvgIpc) is 2.87. The third-order valence-corrected chi connectivity index (χ3v) is 5.21. The maximum Gasteiger partial charge on any atom is 0.240 e. The Morgan fingerprint density at radius 3 is 2.74 bits per heavy atom. The van der Waals surface area contributed by atoms with Crippen LogP contribution in [0.5, 0.6) is 0 Å². The van der Waals surface area contributed by atoms with Crippen LogP contribution in [0.25, 0.3) is 0 Å². The average molecular weight is 282 g/mol. The minimum Gasteiger partial charge on any atom is -0.301 e. The number of sulfonamides is 1. The first-order valence-electron chi connectivity index (χ1n) is 6.92. The van der Waals surface area contributed by atoms with Crippen molar-refractivity contribution >= 4 is 10.0 Å². The van der Waals surface area contributed by atoms with Crippen LogP contribution in [0.2, 0.25) is 0 Å². The maximum atomic E-state index is 12.0. The molecule has 106 valence electrons. The highest BCUT2D eigenvalue weighted by Crippen LogP contribution is 2.19. The van der Waals surface area contributed by atoms with Gasteiger partial charge in [0, 0.05) is 12.6 Å². The standard InChI is InChI=1S/C14H22N2O2S/c1-2-16-12-6-7-13(16)10-11-15-19(17,18)14-8-4-3-5-9-14/h3-5,8-9,13,15H,2,6-7,10-12H2,1H3. The third kappa shape index (κ3) is 3.78. The van der Waals surface area contributed by atoms with Gasteiger partial charge in [-0.25, -0.2) is 13.1 Å². The third-order valence-electron chi connectivity index (χ3n) is 3.73. The molecule has 4 nitrogen and oxygen atoms in total. The van der Waals surface area contributed by atoms with Crippen molar-refractivity contribution in [2.75, 3.05) is 19.6 Å². The van der Waals surface area contributed by atoms with E-state index in [1.54, 1.807) is 24.3 Å². The molecule has 0 amide bonds. The molecule has 5 heteroatoms. The van der Waals surface area contributed by atoms with Crippen LogP contribution in [0, 0.1) is 0 Å².